The molecule has 0 N–H and O–H groups in total. The van der Waals surface area contributed by atoms with Crippen LogP contribution in [0.2, 0.25) is 0 Å². The van der Waals surface area contributed by atoms with Crippen molar-refractivity contribution in [1.29, 1.82) is 0 Å². The van der Waals surface area contributed by atoms with Crippen LogP contribution >= 0.6 is 0 Å². The van der Waals surface area contributed by atoms with E-state index in [1.807, 2.05) is 0 Å². The molecular formula is C13H14F2N6O3S. The number of carbonyl (C=O) groups excluding carboxylic acids is 1. The molecule has 0 spiro atoms. The van der Waals surface area contributed by atoms with Crippen molar-refractivity contribution >= 4 is 15.9 Å². The van der Waals surface area contributed by atoms with Crippen molar-refractivity contribution in [2.75, 3.05) is 26.2 Å². The molecule has 0 saturated carbocycles. The van der Waals surface area contributed by atoms with Crippen LogP contribution in [0.3, 0.4) is 0 Å². The van der Waals surface area contributed by atoms with E-state index in [-0.39, 0.29) is 43.5 Å². The number of hydrogen-bond donors (Lipinski definition) is 0. The van der Waals surface area contributed by atoms with E-state index < -0.39 is 21.7 Å². The van der Waals surface area contributed by atoms with E-state index in [0.29, 0.717) is 6.07 Å². The number of benzene rings is 1. The SMILES string of the molecule is O=C(Cn1cnnn1)N1CCN(S(=O)(=O)c2ccc(F)c(F)c2)CC1. The monoisotopic (exact) mass is 372 g/mol. The summed E-state index contributed by atoms with van der Waals surface area (Å²) in [6.07, 6.45) is 1.31. The van der Waals surface area contributed by atoms with Crippen molar-refractivity contribution in [3.05, 3.63) is 36.2 Å². The summed E-state index contributed by atoms with van der Waals surface area (Å²) >= 11 is 0. The molecule has 1 amide bonds. The van der Waals surface area contributed by atoms with Gasteiger partial charge in [-0.3, -0.25) is 4.79 Å². The van der Waals surface area contributed by atoms with Crippen molar-refractivity contribution in [2.45, 2.75) is 11.4 Å². The van der Waals surface area contributed by atoms with Crippen LogP contribution in [0.1, 0.15) is 0 Å². The van der Waals surface area contributed by atoms with Gasteiger partial charge in [-0.05, 0) is 28.6 Å². The summed E-state index contributed by atoms with van der Waals surface area (Å²) in [5.74, 6) is -2.58. The van der Waals surface area contributed by atoms with Gasteiger partial charge in [-0.25, -0.2) is 21.9 Å². The maximum Gasteiger partial charge on any atom is 0.244 e. The van der Waals surface area contributed by atoms with Gasteiger partial charge in [-0.2, -0.15) is 4.31 Å². The quantitative estimate of drug-likeness (QED) is 0.716. The van der Waals surface area contributed by atoms with E-state index in [4.69, 9.17) is 0 Å². The molecule has 12 heteroatoms. The molecule has 2 aromatic rings. The Labute approximate surface area is 141 Å². The van der Waals surface area contributed by atoms with Crippen molar-refractivity contribution < 1.29 is 22.0 Å². The van der Waals surface area contributed by atoms with Crippen LogP contribution < -0.4 is 0 Å². The second-order valence-electron chi connectivity index (χ2n) is 5.37. The van der Waals surface area contributed by atoms with E-state index in [1.165, 1.54) is 15.9 Å². The van der Waals surface area contributed by atoms with Crippen LogP contribution in [0.4, 0.5) is 8.78 Å². The summed E-state index contributed by atoms with van der Waals surface area (Å²) in [5.41, 5.74) is 0. The van der Waals surface area contributed by atoms with Gasteiger partial charge in [0.25, 0.3) is 0 Å². The molecule has 1 aliphatic heterocycles. The lowest BCUT2D eigenvalue weighted by molar-refractivity contribution is -0.133. The minimum absolute atomic E-state index is 0.0388. The van der Waals surface area contributed by atoms with Gasteiger partial charge in [-0.1, -0.05) is 0 Å². The number of piperazine rings is 1. The molecule has 25 heavy (non-hydrogen) atoms. The normalized spacial score (nSPS) is 16.2. The van der Waals surface area contributed by atoms with E-state index in [0.717, 1.165) is 16.4 Å². The molecule has 1 aliphatic rings. The number of tetrazole rings is 1. The van der Waals surface area contributed by atoms with E-state index >= 15 is 0 Å². The van der Waals surface area contributed by atoms with Crippen LogP contribution in [-0.4, -0.2) is 69.9 Å². The van der Waals surface area contributed by atoms with Gasteiger partial charge < -0.3 is 4.90 Å². The Bertz CT molecular complexity index is 866. The predicted molar refractivity (Wildman–Crippen MR) is 79.5 cm³/mol. The molecule has 0 unspecified atom stereocenters. The first-order valence-electron chi connectivity index (χ1n) is 7.31. The maximum atomic E-state index is 13.3. The van der Waals surface area contributed by atoms with E-state index in [1.54, 1.807) is 0 Å². The van der Waals surface area contributed by atoms with Gasteiger partial charge in [0.2, 0.25) is 15.9 Å². The molecule has 0 radical (unpaired) electrons. The Morgan fingerprint density at radius 3 is 2.44 bits per heavy atom. The standard InChI is InChI=1S/C13H14F2N6O3S/c14-11-2-1-10(7-12(11)15)25(23,24)21-5-3-19(4-6-21)13(22)8-20-9-16-17-18-20/h1-2,7,9H,3-6,8H2. The molecule has 1 aromatic carbocycles. The number of halogens is 2. The molecule has 1 fully saturated rings. The Kier molecular flexibility index (Phi) is 4.72. The minimum atomic E-state index is -3.95. The number of sulfonamides is 1. The molecule has 0 atom stereocenters. The number of rotatable bonds is 4. The lowest BCUT2D eigenvalue weighted by Crippen LogP contribution is -2.51. The van der Waals surface area contributed by atoms with Crippen LogP contribution in [0, 0.1) is 11.6 Å². The third-order valence-corrected chi connectivity index (χ3v) is 5.70. The van der Waals surface area contributed by atoms with Gasteiger partial charge in [0, 0.05) is 26.2 Å². The average molecular weight is 372 g/mol. The first-order valence-corrected chi connectivity index (χ1v) is 8.75. The Hall–Kier alpha value is -2.47. The minimum Gasteiger partial charge on any atom is -0.338 e. The number of amides is 1. The number of hydrogen-bond acceptors (Lipinski definition) is 6. The highest BCUT2D eigenvalue weighted by molar-refractivity contribution is 7.89. The summed E-state index contributed by atoms with van der Waals surface area (Å²) in [7, 11) is -3.95. The molecule has 134 valence electrons. The van der Waals surface area contributed by atoms with Crippen LogP contribution in [0.25, 0.3) is 0 Å². The van der Waals surface area contributed by atoms with Crippen molar-refractivity contribution in [3.63, 3.8) is 0 Å². The van der Waals surface area contributed by atoms with Crippen molar-refractivity contribution in [3.8, 4) is 0 Å². The molecule has 1 saturated heterocycles. The van der Waals surface area contributed by atoms with Crippen LogP contribution in [-0.2, 0) is 21.4 Å². The van der Waals surface area contributed by atoms with Gasteiger partial charge in [0.15, 0.2) is 11.6 Å². The topological polar surface area (TPSA) is 101 Å². The number of aromatic nitrogens is 4. The molecule has 0 bridgehead atoms. The maximum absolute atomic E-state index is 13.3. The Balaban J connectivity index is 1.64. The molecule has 3 rings (SSSR count). The smallest absolute Gasteiger partial charge is 0.244 e. The lowest BCUT2D eigenvalue weighted by atomic mass is 10.3. The summed E-state index contributed by atoms with van der Waals surface area (Å²) < 4.78 is 53.7. The Morgan fingerprint density at radius 1 is 1.12 bits per heavy atom. The zero-order valence-corrected chi connectivity index (χ0v) is 13.7. The van der Waals surface area contributed by atoms with E-state index in [9.17, 15) is 22.0 Å². The first kappa shape index (κ1) is 17.4. The van der Waals surface area contributed by atoms with Gasteiger partial charge >= 0.3 is 0 Å². The van der Waals surface area contributed by atoms with Gasteiger partial charge in [-0.15, -0.1) is 5.10 Å². The highest BCUT2D eigenvalue weighted by atomic mass is 32.2. The number of carbonyl (C=O) groups is 1. The molecule has 2 heterocycles. The van der Waals surface area contributed by atoms with Crippen molar-refractivity contribution in [1.82, 2.24) is 29.4 Å². The molecular weight excluding hydrogens is 358 g/mol. The summed E-state index contributed by atoms with van der Waals surface area (Å²) in [6, 6.07) is 2.44. The third kappa shape index (κ3) is 3.64. The largest absolute Gasteiger partial charge is 0.338 e. The zero-order valence-electron chi connectivity index (χ0n) is 12.9. The van der Waals surface area contributed by atoms with Crippen LogP contribution in [0.5, 0.6) is 0 Å². The van der Waals surface area contributed by atoms with Gasteiger partial charge in [0.1, 0.15) is 12.9 Å². The highest BCUT2D eigenvalue weighted by Crippen LogP contribution is 2.20. The lowest BCUT2D eigenvalue weighted by Gasteiger charge is -2.34. The third-order valence-electron chi connectivity index (χ3n) is 3.81. The fourth-order valence-electron chi connectivity index (χ4n) is 2.46. The first-order chi connectivity index (χ1) is 11.9. The summed E-state index contributed by atoms with van der Waals surface area (Å²) in [6.45, 7) is 0.446. The second kappa shape index (κ2) is 6.80. The predicted octanol–water partition coefficient (Wildman–Crippen LogP) is -0.516. The summed E-state index contributed by atoms with van der Waals surface area (Å²) in [5, 5.41) is 10.5. The fourth-order valence-corrected chi connectivity index (χ4v) is 3.89. The van der Waals surface area contributed by atoms with Crippen LogP contribution in [0.15, 0.2) is 29.4 Å². The highest BCUT2D eigenvalue weighted by Gasteiger charge is 2.30. The Morgan fingerprint density at radius 2 is 1.84 bits per heavy atom. The van der Waals surface area contributed by atoms with E-state index in [2.05, 4.69) is 15.5 Å². The summed E-state index contributed by atoms with van der Waals surface area (Å²) in [4.78, 5) is 13.3. The fraction of sp³-hybridized carbons (Fsp3) is 0.385. The molecule has 0 aliphatic carbocycles. The van der Waals surface area contributed by atoms with Crippen molar-refractivity contribution in [2.24, 2.45) is 0 Å². The number of nitrogens with zero attached hydrogens (tertiary/aromatic N) is 6. The molecule has 1 aromatic heterocycles. The zero-order chi connectivity index (χ0) is 18.0. The second-order valence-corrected chi connectivity index (χ2v) is 7.31. The average Bonchev–Trinajstić information content (AvgIpc) is 3.10. The van der Waals surface area contributed by atoms with Gasteiger partial charge in [0.05, 0.1) is 4.90 Å². The molecule has 9 nitrogen and oxygen atoms in total.